The summed E-state index contributed by atoms with van der Waals surface area (Å²) in [6, 6.07) is 17.9. The van der Waals surface area contributed by atoms with Crippen LogP contribution in [0.2, 0.25) is 0 Å². The van der Waals surface area contributed by atoms with Gasteiger partial charge in [-0.05, 0) is 41.0 Å². The highest BCUT2D eigenvalue weighted by Gasteiger charge is 2.16. The van der Waals surface area contributed by atoms with E-state index in [1.807, 2.05) is 49.4 Å². The molecule has 0 aliphatic rings. The average molecular weight is 349 g/mol. The zero-order valence-electron chi connectivity index (χ0n) is 14.4. The molecule has 5 nitrogen and oxygen atoms in total. The molecular formula is C21H19NO4. The number of aryl methyl sites for hydroxylation is 1. The summed E-state index contributed by atoms with van der Waals surface area (Å²) >= 11 is 0. The second-order valence-corrected chi connectivity index (χ2v) is 5.85. The van der Waals surface area contributed by atoms with Crippen molar-refractivity contribution in [2.24, 2.45) is 0 Å². The number of ether oxygens (including phenoxy) is 1. The summed E-state index contributed by atoms with van der Waals surface area (Å²) in [5.41, 5.74) is 1.73. The number of benzene rings is 3. The number of carbonyl (C=O) groups is 2. The minimum Gasteiger partial charge on any atom is -0.507 e. The number of hydrogen-bond donors (Lipinski definition) is 2. The van der Waals surface area contributed by atoms with Gasteiger partial charge in [-0.3, -0.25) is 4.79 Å². The first kappa shape index (κ1) is 17.5. The molecule has 0 unspecified atom stereocenters. The molecule has 132 valence electrons. The first-order chi connectivity index (χ1) is 12.6. The molecule has 0 aromatic heterocycles. The van der Waals surface area contributed by atoms with Gasteiger partial charge in [-0.1, -0.05) is 49.4 Å². The van der Waals surface area contributed by atoms with E-state index in [2.05, 4.69) is 5.32 Å². The highest BCUT2D eigenvalue weighted by atomic mass is 16.5. The number of amides is 1. The zero-order valence-corrected chi connectivity index (χ0v) is 14.4. The number of rotatable bonds is 5. The Morgan fingerprint density at radius 1 is 1.00 bits per heavy atom. The molecule has 0 fully saturated rings. The van der Waals surface area contributed by atoms with Crippen molar-refractivity contribution in [2.45, 2.75) is 13.3 Å². The molecule has 0 radical (unpaired) electrons. The molecule has 1 amide bonds. The fourth-order valence-electron chi connectivity index (χ4n) is 2.74. The number of anilines is 1. The lowest BCUT2D eigenvalue weighted by molar-refractivity contribution is -0.119. The molecular weight excluding hydrogens is 330 g/mol. The summed E-state index contributed by atoms with van der Waals surface area (Å²) in [5.74, 6) is -1.35. The highest BCUT2D eigenvalue weighted by Crippen LogP contribution is 2.25. The third kappa shape index (κ3) is 3.83. The van der Waals surface area contributed by atoms with E-state index in [1.54, 1.807) is 12.1 Å². The maximum atomic E-state index is 12.2. The molecule has 0 heterocycles. The maximum absolute atomic E-state index is 12.2. The Kier molecular flexibility index (Phi) is 5.17. The minimum atomic E-state index is -0.743. The lowest BCUT2D eigenvalue weighted by Crippen LogP contribution is -2.21. The van der Waals surface area contributed by atoms with Crippen LogP contribution in [0.15, 0.2) is 60.7 Å². The van der Waals surface area contributed by atoms with Crippen LogP contribution in [0.25, 0.3) is 10.8 Å². The summed E-state index contributed by atoms with van der Waals surface area (Å²) in [4.78, 5) is 24.3. The molecule has 5 heteroatoms. The number of fused-ring (bicyclic) bond motifs is 1. The van der Waals surface area contributed by atoms with E-state index >= 15 is 0 Å². The minimum absolute atomic E-state index is 0.0328. The lowest BCUT2D eigenvalue weighted by Gasteiger charge is -2.11. The van der Waals surface area contributed by atoms with Gasteiger partial charge in [0.05, 0.1) is 0 Å². The van der Waals surface area contributed by atoms with E-state index in [0.717, 1.165) is 22.8 Å². The Morgan fingerprint density at radius 2 is 1.65 bits per heavy atom. The van der Waals surface area contributed by atoms with Crippen LogP contribution in [0, 0.1) is 0 Å². The van der Waals surface area contributed by atoms with Crippen LogP contribution < -0.4 is 5.32 Å². The van der Waals surface area contributed by atoms with Gasteiger partial charge in [0.2, 0.25) is 0 Å². The Hall–Kier alpha value is -3.34. The number of phenols is 1. The van der Waals surface area contributed by atoms with E-state index in [-0.39, 0.29) is 11.3 Å². The van der Waals surface area contributed by atoms with E-state index < -0.39 is 18.5 Å². The zero-order chi connectivity index (χ0) is 18.5. The fourth-order valence-corrected chi connectivity index (χ4v) is 2.74. The van der Waals surface area contributed by atoms with Crippen molar-refractivity contribution in [3.8, 4) is 5.75 Å². The van der Waals surface area contributed by atoms with Crippen LogP contribution in [0.1, 0.15) is 22.8 Å². The standard InChI is InChI=1S/C21H19NO4/c1-2-14-7-5-6-10-18(14)22-20(24)13-26-21(25)17-11-15-8-3-4-9-16(15)12-19(17)23/h3-12,23H,2,13H2,1H3,(H,22,24). The van der Waals surface area contributed by atoms with Crippen molar-refractivity contribution in [3.05, 3.63) is 71.8 Å². The number of carbonyl (C=O) groups excluding carboxylic acids is 2. The molecule has 0 aliphatic heterocycles. The first-order valence-electron chi connectivity index (χ1n) is 8.35. The number of hydrogen-bond acceptors (Lipinski definition) is 4. The molecule has 0 atom stereocenters. The predicted octanol–water partition coefficient (Wildman–Crippen LogP) is 3.90. The molecule has 3 aromatic carbocycles. The monoisotopic (exact) mass is 349 g/mol. The second kappa shape index (κ2) is 7.70. The van der Waals surface area contributed by atoms with Crippen LogP contribution in [-0.2, 0) is 16.0 Å². The van der Waals surface area contributed by atoms with E-state index in [4.69, 9.17) is 4.74 Å². The number of aromatic hydroxyl groups is 1. The van der Waals surface area contributed by atoms with E-state index in [0.29, 0.717) is 5.69 Å². The number of esters is 1. The average Bonchev–Trinajstić information content (AvgIpc) is 2.66. The molecule has 2 N–H and O–H groups in total. The van der Waals surface area contributed by atoms with Gasteiger partial charge in [0.25, 0.3) is 5.91 Å². The van der Waals surface area contributed by atoms with Gasteiger partial charge in [0, 0.05) is 5.69 Å². The van der Waals surface area contributed by atoms with Gasteiger partial charge in [-0.2, -0.15) is 0 Å². The summed E-state index contributed by atoms with van der Waals surface area (Å²) in [7, 11) is 0. The smallest absolute Gasteiger partial charge is 0.342 e. The number of nitrogens with one attached hydrogen (secondary N) is 1. The third-order valence-electron chi connectivity index (χ3n) is 4.09. The van der Waals surface area contributed by atoms with Crippen molar-refractivity contribution in [2.75, 3.05) is 11.9 Å². The molecule has 26 heavy (non-hydrogen) atoms. The van der Waals surface area contributed by atoms with Crippen LogP contribution >= 0.6 is 0 Å². The molecule has 0 aliphatic carbocycles. The van der Waals surface area contributed by atoms with Crippen molar-refractivity contribution >= 4 is 28.3 Å². The fraction of sp³-hybridized carbons (Fsp3) is 0.143. The topological polar surface area (TPSA) is 75.6 Å². The number of phenolic OH excluding ortho intramolecular Hbond substituents is 1. The predicted molar refractivity (Wildman–Crippen MR) is 100 cm³/mol. The van der Waals surface area contributed by atoms with Crippen molar-refractivity contribution < 1.29 is 19.4 Å². The molecule has 0 saturated heterocycles. The summed E-state index contributed by atoms with van der Waals surface area (Å²) in [6.45, 7) is 1.57. The van der Waals surface area contributed by atoms with Crippen molar-refractivity contribution in [3.63, 3.8) is 0 Å². The van der Waals surface area contributed by atoms with Gasteiger partial charge in [-0.15, -0.1) is 0 Å². The number of para-hydroxylation sites is 1. The Morgan fingerprint density at radius 3 is 2.38 bits per heavy atom. The maximum Gasteiger partial charge on any atom is 0.342 e. The molecule has 0 saturated carbocycles. The van der Waals surface area contributed by atoms with Crippen LogP contribution in [-0.4, -0.2) is 23.6 Å². The third-order valence-corrected chi connectivity index (χ3v) is 4.09. The summed E-state index contributed by atoms with van der Waals surface area (Å²) in [6.07, 6.45) is 0.779. The van der Waals surface area contributed by atoms with Crippen LogP contribution in [0.3, 0.4) is 0 Å². The van der Waals surface area contributed by atoms with Gasteiger partial charge in [0.15, 0.2) is 6.61 Å². The van der Waals surface area contributed by atoms with Gasteiger partial charge >= 0.3 is 5.97 Å². The molecule has 3 aromatic rings. The van der Waals surface area contributed by atoms with Crippen LogP contribution in [0.4, 0.5) is 5.69 Å². The lowest BCUT2D eigenvalue weighted by atomic mass is 10.1. The van der Waals surface area contributed by atoms with Gasteiger partial charge in [0.1, 0.15) is 11.3 Å². The van der Waals surface area contributed by atoms with Crippen molar-refractivity contribution in [1.29, 1.82) is 0 Å². The van der Waals surface area contributed by atoms with Gasteiger partial charge < -0.3 is 15.2 Å². The van der Waals surface area contributed by atoms with E-state index in [9.17, 15) is 14.7 Å². The quantitative estimate of drug-likeness (QED) is 0.685. The Labute approximate surface area is 151 Å². The van der Waals surface area contributed by atoms with Gasteiger partial charge in [-0.25, -0.2) is 4.79 Å². The molecule has 0 bridgehead atoms. The first-order valence-corrected chi connectivity index (χ1v) is 8.35. The summed E-state index contributed by atoms with van der Waals surface area (Å²) in [5, 5.41) is 14.4. The molecule has 3 rings (SSSR count). The normalized spacial score (nSPS) is 10.5. The largest absolute Gasteiger partial charge is 0.507 e. The van der Waals surface area contributed by atoms with Crippen molar-refractivity contribution in [1.82, 2.24) is 0 Å². The molecule has 0 spiro atoms. The second-order valence-electron chi connectivity index (χ2n) is 5.85. The Balaban J connectivity index is 1.67. The highest BCUT2D eigenvalue weighted by molar-refractivity contribution is 6.00. The summed E-state index contributed by atoms with van der Waals surface area (Å²) < 4.78 is 5.05. The SMILES string of the molecule is CCc1ccccc1NC(=O)COC(=O)c1cc2ccccc2cc1O. The van der Waals surface area contributed by atoms with Crippen LogP contribution in [0.5, 0.6) is 5.75 Å². The van der Waals surface area contributed by atoms with E-state index in [1.165, 1.54) is 6.07 Å². The Bertz CT molecular complexity index is 965.